The molecule has 0 aliphatic rings. The first-order valence-corrected chi connectivity index (χ1v) is 5.31. The molecule has 0 fully saturated rings. The molecule has 1 rings (SSSR count). The van der Waals surface area contributed by atoms with Crippen molar-refractivity contribution in [3.05, 3.63) is 11.8 Å². The summed E-state index contributed by atoms with van der Waals surface area (Å²) in [4.78, 5) is 11.4. The number of hydrogen-bond acceptors (Lipinski definition) is 3. The summed E-state index contributed by atoms with van der Waals surface area (Å²) >= 11 is 0. The largest absolute Gasteiger partial charge is 0.316 e. The standard InChI is InChI=1S/C10H18N4O/c1-3-8-7-9(14-13-8)12-10(15)5-6-11-4-2/h7,11H,3-6H2,1-2H3,(H2,12,13,14,15). The van der Waals surface area contributed by atoms with Crippen LogP contribution in [0, 0.1) is 0 Å². The zero-order valence-corrected chi connectivity index (χ0v) is 9.26. The number of carbonyl (C=O) groups is 1. The quantitative estimate of drug-likeness (QED) is 0.611. The summed E-state index contributed by atoms with van der Waals surface area (Å²) < 4.78 is 0. The molecular weight excluding hydrogens is 192 g/mol. The van der Waals surface area contributed by atoms with Crippen LogP contribution in [-0.4, -0.2) is 29.2 Å². The fourth-order valence-electron chi connectivity index (χ4n) is 1.19. The molecule has 0 radical (unpaired) electrons. The van der Waals surface area contributed by atoms with Gasteiger partial charge in [0.2, 0.25) is 5.91 Å². The summed E-state index contributed by atoms with van der Waals surface area (Å²) in [6, 6.07) is 1.85. The van der Waals surface area contributed by atoms with Gasteiger partial charge in [0.25, 0.3) is 0 Å². The van der Waals surface area contributed by atoms with E-state index >= 15 is 0 Å². The van der Waals surface area contributed by atoms with E-state index in [-0.39, 0.29) is 5.91 Å². The van der Waals surface area contributed by atoms with Gasteiger partial charge in [-0.3, -0.25) is 9.89 Å². The van der Waals surface area contributed by atoms with E-state index in [9.17, 15) is 4.79 Å². The lowest BCUT2D eigenvalue weighted by atomic mass is 10.3. The highest BCUT2D eigenvalue weighted by molar-refractivity contribution is 5.89. The van der Waals surface area contributed by atoms with Crippen molar-refractivity contribution in [3.8, 4) is 0 Å². The van der Waals surface area contributed by atoms with E-state index in [1.165, 1.54) is 0 Å². The number of rotatable bonds is 6. The SMILES string of the molecule is CCNCCC(=O)Nc1cc(CC)[nH]n1. The highest BCUT2D eigenvalue weighted by Crippen LogP contribution is 2.05. The van der Waals surface area contributed by atoms with Gasteiger partial charge in [0.05, 0.1) is 0 Å². The van der Waals surface area contributed by atoms with Crippen molar-refractivity contribution >= 4 is 11.7 Å². The molecule has 84 valence electrons. The van der Waals surface area contributed by atoms with Crippen LogP contribution in [0.1, 0.15) is 26.0 Å². The molecule has 5 nitrogen and oxygen atoms in total. The minimum Gasteiger partial charge on any atom is -0.316 e. The number of nitrogens with zero attached hydrogens (tertiary/aromatic N) is 1. The normalized spacial score (nSPS) is 10.3. The highest BCUT2D eigenvalue weighted by atomic mass is 16.1. The Morgan fingerprint density at radius 3 is 2.93 bits per heavy atom. The molecule has 0 spiro atoms. The molecule has 0 unspecified atom stereocenters. The van der Waals surface area contributed by atoms with Gasteiger partial charge in [0.15, 0.2) is 5.82 Å². The second-order valence-corrected chi connectivity index (χ2v) is 3.28. The van der Waals surface area contributed by atoms with Crippen molar-refractivity contribution in [2.45, 2.75) is 26.7 Å². The second-order valence-electron chi connectivity index (χ2n) is 3.28. The van der Waals surface area contributed by atoms with Crippen LogP contribution in [0.25, 0.3) is 0 Å². The number of carbonyl (C=O) groups excluding carboxylic acids is 1. The molecule has 0 saturated heterocycles. The van der Waals surface area contributed by atoms with E-state index in [1.54, 1.807) is 0 Å². The molecule has 15 heavy (non-hydrogen) atoms. The summed E-state index contributed by atoms with van der Waals surface area (Å²) in [7, 11) is 0. The molecular formula is C10H18N4O. The van der Waals surface area contributed by atoms with Gasteiger partial charge in [0.1, 0.15) is 0 Å². The van der Waals surface area contributed by atoms with E-state index in [1.807, 2.05) is 19.9 Å². The average Bonchev–Trinajstić information content (AvgIpc) is 2.66. The van der Waals surface area contributed by atoms with Gasteiger partial charge in [-0.1, -0.05) is 13.8 Å². The number of aromatic amines is 1. The van der Waals surface area contributed by atoms with E-state index in [2.05, 4.69) is 20.8 Å². The number of H-pyrrole nitrogens is 1. The first kappa shape index (κ1) is 11.7. The van der Waals surface area contributed by atoms with Crippen LogP contribution < -0.4 is 10.6 Å². The van der Waals surface area contributed by atoms with Crippen LogP contribution in [0.2, 0.25) is 0 Å². The maximum atomic E-state index is 11.4. The molecule has 0 atom stereocenters. The summed E-state index contributed by atoms with van der Waals surface area (Å²) in [5.74, 6) is 0.596. The number of aryl methyl sites for hydroxylation is 1. The fourth-order valence-corrected chi connectivity index (χ4v) is 1.19. The summed E-state index contributed by atoms with van der Waals surface area (Å²) in [5, 5.41) is 12.7. The molecule has 1 aromatic rings. The Hall–Kier alpha value is -1.36. The van der Waals surface area contributed by atoms with Gasteiger partial charge in [-0.25, -0.2) is 0 Å². The van der Waals surface area contributed by atoms with Gasteiger partial charge in [-0.15, -0.1) is 0 Å². The molecule has 1 aromatic heterocycles. The van der Waals surface area contributed by atoms with Crippen LogP contribution in [0.5, 0.6) is 0 Å². The van der Waals surface area contributed by atoms with Gasteiger partial charge < -0.3 is 10.6 Å². The van der Waals surface area contributed by atoms with Gasteiger partial charge in [0, 0.05) is 24.7 Å². The highest BCUT2D eigenvalue weighted by Gasteiger charge is 2.04. The Morgan fingerprint density at radius 1 is 1.53 bits per heavy atom. The minimum atomic E-state index is -0.00916. The number of aromatic nitrogens is 2. The molecule has 0 saturated carbocycles. The molecule has 1 heterocycles. The molecule has 0 aliphatic heterocycles. The Morgan fingerprint density at radius 2 is 2.33 bits per heavy atom. The average molecular weight is 210 g/mol. The first-order valence-electron chi connectivity index (χ1n) is 5.31. The Kier molecular flexibility index (Phi) is 4.83. The molecule has 0 aliphatic carbocycles. The third-order valence-electron chi connectivity index (χ3n) is 2.06. The van der Waals surface area contributed by atoms with Gasteiger partial charge in [-0.2, -0.15) is 5.10 Å². The van der Waals surface area contributed by atoms with Crippen molar-refractivity contribution < 1.29 is 4.79 Å². The molecule has 0 aromatic carbocycles. The maximum absolute atomic E-state index is 11.4. The zero-order valence-electron chi connectivity index (χ0n) is 9.26. The summed E-state index contributed by atoms with van der Waals surface area (Å²) in [5.41, 5.74) is 1.02. The smallest absolute Gasteiger partial charge is 0.226 e. The van der Waals surface area contributed by atoms with E-state index < -0.39 is 0 Å². The Labute approximate surface area is 89.6 Å². The molecule has 5 heteroatoms. The summed E-state index contributed by atoms with van der Waals surface area (Å²) in [6.45, 7) is 5.63. The maximum Gasteiger partial charge on any atom is 0.226 e. The van der Waals surface area contributed by atoms with Crippen LogP contribution in [0.15, 0.2) is 6.07 Å². The Bertz CT molecular complexity index is 308. The van der Waals surface area contributed by atoms with Gasteiger partial charge in [-0.05, 0) is 13.0 Å². The van der Waals surface area contributed by atoms with Crippen molar-refractivity contribution in [2.24, 2.45) is 0 Å². The lowest BCUT2D eigenvalue weighted by Gasteiger charge is -2.01. The number of anilines is 1. The minimum absolute atomic E-state index is 0.00916. The van der Waals surface area contributed by atoms with Crippen molar-refractivity contribution in [1.82, 2.24) is 15.5 Å². The second kappa shape index (κ2) is 6.19. The Balaban J connectivity index is 2.31. The van der Waals surface area contributed by atoms with E-state index in [0.717, 1.165) is 18.7 Å². The fraction of sp³-hybridized carbons (Fsp3) is 0.600. The van der Waals surface area contributed by atoms with Crippen LogP contribution >= 0.6 is 0 Å². The van der Waals surface area contributed by atoms with E-state index in [4.69, 9.17) is 0 Å². The molecule has 3 N–H and O–H groups in total. The summed E-state index contributed by atoms with van der Waals surface area (Å²) in [6.07, 6.45) is 1.36. The number of nitrogens with one attached hydrogen (secondary N) is 3. The van der Waals surface area contributed by atoms with E-state index in [0.29, 0.717) is 18.8 Å². The number of amides is 1. The van der Waals surface area contributed by atoms with Crippen molar-refractivity contribution in [1.29, 1.82) is 0 Å². The topological polar surface area (TPSA) is 69.8 Å². The zero-order chi connectivity index (χ0) is 11.1. The predicted octanol–water partition coefficient (Wildman–Crippen LogP) is 0.910. The van der Waals surface area contributed by atoms with Crippen molar-refractivity contribution in [2.75, 3.05) is 18.4 Å². The third-order valence-corrected chi connectivity index (χ3v) is 2.06. The third kappa shape index (κ3) is 4.12. The number of hydrogen-bond donors (Lipinski definition) is 3. The molecule has 1 amide bonds. The molecule has 0 bridgehead atoms. The van der Waals surface area contributed by atoms with Crippen LogP contribution in [-0.2, 0) is 11.2 Å². The predicted molar refractivity (Wildman–Crippen MR) is 59.8 cm³/mol. The monoisotopic (exact) mass is 210 g/mol. The first-order chi connectivity index (χ1) is 7.26. The van der Waals surface area contributed by atoms with Crippen LogP contribution in [0.3, 0.4) is 0 Å². The van der Waals surface area contributed by atoms with Gasteiger partial charge >= 0.3 is 0 Å². The van der Waals surface area contributed by atoms with Crippen LogP contribution in [0.4, 0.5) is 5.82 Å². The van der Waals surface area contributed by atoms with Crippen molar-refractivity contribution in [3.63, 3.8) is 0 Å². The lowest BCUT2D eigenvalue weighted by Crippen LogP contribution is -2.21. The lowest BCUT2D eigenvalue weighted by molar-refractivity contribution is -0.116.